The monoisotopic (exact) mass is 344 g/mol. The van der Waals surface area contributed by atoms with Crippen molar-refractivity contribution in [3.63, 3.8) is 0 Å². The number of ether oxygens (including phenoxy) is 1. The van der Waals surface area contributed by atoms with E-state index in [0.717, 1.165) is 0 Å². The minimum atomic E-state index is -0.397. The Bertz CT molecular complexity index is 705. The topological polar surface area (TPSA) is 64.3 Å². The van der Waals surface area contributed by atoms with Gasteiger partial charge in [0.2, 0.25) is 0 Å². The zero-order valence-electron chi connectivity index (χ0n) is 10.9. The summed E-state index contributed by atoms with van der Waals surface area (Å²) in [5.74, 6) is -0.0380. The van der Waals surface area contributed by atoms with Crippen LogP contribution < -0.4 is 15.8 Å². The number of hydrogen-bond acceptors (Lipinski definition) is 3. The van der Waals surface area contributed by atoms with Crippen LogP contribution in [0.25, 0.3) is 0 Å². The molecule has 0 saturated carbocycles. The molecule has 0 unspecified atom stereocenters. The van der Waals surface area contributed by atoms with Gasteiger partial charge < -0.3 is 15.8 Å². The van der Waals surface area contributed by atoms with Gasteiger partial charge in [-0.05, 0) is 30.3 Å². The fourth-order valence-electron chi connectivity index (χ4n) is 1.70. The maximum absolute atomic E-state index is 12.3. The third-order valence-corrected chi connectivity index (χ3v) is 3.62. The molecule has 1 amide bonds. The largest absolute Gasteiger partial charge is 0.496 e. The number of halogens is 3. The fraction of sp³-hybridized carbons (Fsp3) is 0.0714. The van der Waals surface area contributed by atoms with Crippen molar-refractivity contribution in [2.24, 2.45) is 0 Å². The van der Waals surface area contributed by atoms with Gasteiger partial charge in [-0.1, -0.05) is 34.8 Å². The molecule has 2 rings (SSSR count). The number of nitrogen functional groups attached to an aromatic ring is 1. The SMILES string of the molecule is COc1cc(Cl)ccc1C(=O)Nc1cc(Cl)c(N)cc1Cl. The first kappa shape index (κ1) is 15.8. The van der Waals surface area contributed by atoms with Gasteiger partial charge >= 0.3 is 0 Å². The molecule has 0 aliphatic carbocycles. The van der Waals surface area contributed by atoms with Crippen LogP contribution in [-0.2, 0) is 0 Å². The number of anilines is 2. The highest BCUT2D eigenvalue weighted by Crippen LogP contribution is 2.32. The van der Waals surface area contributed by atoms with Gasteiger partial charge in [-0.15, -0.1) is 0 Å². The lowest BCUT2D eigenvalue weighted by atomic mass is 10.1. The van der Waals surface area contributed by atoms with Gasteiger partial charge in [0.05, 0.1) is 34.1 Å². The minimum Gasteiger partial charge on any atom is -0.496 e. The summed E-state index contributed by atoms with van der Waals surface area (Å²) in [5.41, 5.74) is 6.65. The molecule has 0 spiro atoms. The molecule has 0 heterocycles. The standard InChI is InChI=1S/C14H11Cl3N2O2/c1-21-13-4-7(15)2-3-8(13)14(20)19-12-6-9(16)11(18)5-10(12)17/h2-6H,18H2,1H3,(H,19,20). The van der Waals surface area contributed by atoms with E-state index < -0.39 is 5.91 Å². The van der Waals surface area contributed by atoms with Crippen LogP contribution in [0.2, 0.25) is 15.1 Å². The van der Waals surface area contributed by atoms with Crippen molar-refractivity contribution < 1.29 is 9.53 Å². The molecule has 2 aromatic rings. The van der Waals surface area contributed by atoms with Crippen molar-refractivity contribution in [2.75, 3.05) is 18.2 Å². The number of benzene rings is 2. The highest BCUT2D eigenvalue weighted by molar-refractivity contribution is 6.37. The first-order valence-corrected chi connectivity index (χ1v) is 6.95. The van der Waals surface area contributed by atoms with Crippen molar-refractivity contribution in [1.82, 2.24) is 0 Å². The molecular formula is C14H11Cl3N2O2. The lowest BCUT2D eigenvalue weighted by Crippen LogP contribution is -2.13. The Morgan fingerprint density at radius 3 is 2.52 bits per heavy atom. The molecule has 0 fully saturated rings. The van der Waals surface area contributed by atoms with Crippen molar-refractivity contribution in [2.45, 2.75) is 0 Å². The maximum atomic E-state index is 12.3. The van der Waals surface area contributed by atoms with Crippen LogP contribution in [0.5, 0.6) is 5.75 Å². The number of hydrogen-bond donors (Lipinski definition) is 2. The summed E-state index contributed by atoms with van der Waals surface area (Å²) >= 11 is 17.8. The maximum Gasteiger partial charge on any atom is 0.259 e. The summed E-state index contributed by atoms with van der Waals surface area (Å²) in [6.45, 7) is 0. The van der Waals surface area contributed by atoms with E-state index in [1.807, 2.05) is 0 Å². The molecule has 0 atom stereocenters. The van der Waals surface area contributed by atoms with Crippen molar-refractivity contribution in [1.29, 1.82) is 0 Å². The van der Waals surface area contributed by atoms with E-state index in [-0.39, 0.29) is 5.02 Å². The molecule has 3 N–H and O–H groups in total. The van der Waals surface area contributed by atoms with Gasteiger partial charge in [0.25, 0.3) is 5.91 Å². The first-order valence-electron chi connectivity index (χ1n) is 5.81. The Labute approximate surface area is 136 Å². The Morgan fingerprint density at radius 2 is 1.86 bits per heavy atom. The van der Waals surface area contributed by atoms with Crippen LogP contribution in [-0.4, -0.2) is 13.0 Å². The average Bonchev–Trinajstić information content (AvgIpc) is 2.44. The predicted octanol–water partition coefficient (Wildman–Crippen LogP) is 4.49. The quantitative estimate of drug-likeness (QED) is 0.806. The summed E-state index contributed by atoms with van der Waals surface area (Å²) < 4.78 is 5.13. The van der Waals surface area contributed by atoms with E-state index in [1.165, 1.54) is 19.2 Å². The molecule has 4 nitrogen and oxygen atoms in total. The summed E-state index contributed by atoms with van der Waals surface area (Å²) in [5, 5.41) is 3.72. The molecule has 0 radical (unpaired) electrons. The number of amides is 1. The highest BCUT2D eigenvalue weighted by atomic mass is 35.5. The number of nitrogens with two attached hydrogens (primary N) is 1. The Balaban J connectivity index is 2.32. The summed E-state index contributed by atoms with van der Waals surface area (Å²) in [4.78, 5) is 12.3. The van der Waals surface area contributed by atoms with Gasteiger partial charge in [0.15, 0.2) is 0 Å². The van der Waals surface area contributed by atoms with Crippen LogP contribution in [0.3, 0.4) is 0 Å². The molecular weight excluding hydrogens is 335 g/mol. The molecule has 2 aromatic carbocycles. The fourth-order valence-corrected chi connectivity index (χ4v) is 2.25. The molecule has 0 aliphatic heterocycles. The smallest absolute Gasteiger partial charge is 0.259 e. The highest BCUT2D eigenvalue weighted by Gasteiger charge is 2.15. The van der Waals surface area contributed by atoms with Gasteiger partial charge in [-0.25, -0.2) is 0 Å². The second kappa shape index (κ2) is 6.43. The zero-order chi connectivity index (χ0) is 15.6. The molecule has 0 aromatic heterocycles. The molecule has 0 aliphatic rings. The van der Waals surface area contributed by atoms with Gasteiger partial charge in [-0.3, -0.25) is 4.79 Å². The molecule has 21 heavy (non-hydrogen) atoms. The number of carbonyl (C=O) groups excluding carboxylic acids is 1. The number of carbonyl (C=O) groups is 1. The third-order valence-electron chi connectivity index (χ3n) is 2.74. The van der Waals surface area contributed by atoms with E-state index in [0.29, 0.717) is 32.7 Å². The van der Waals surface area contributed by atoms with E-state index in [2.05, 4.69) is 5.32 Å². The molecule has 0 bridgehead atoms. The second-order valence-corrected chi connectivity index (χ2v) is 5.40. The van der Waals surface area contributed by atoms with Gasteiger partial charge in [0.1, 0.15) is 5.75 Å². The minimum absolute atomic E-state index is 0.290. The first-order chi connectivity index (χ1) is 9.92. The zero-order valence-corrected chi connectivity index (χ0v) is 13.2. The Hall–Kier alpha value is -1.62. The van der Waals surface area contributed by atoms with Crippen LogP contribution in [0.4, 0.5) is 11.4 Å². The van der Waals surface area contributed by atoms with Gasteiger partial charge in [-0.2, -0.15) is 0 Å². The summed E-state index contributed by atoms with van der Waals surface area (Å²) in [6.07, 6.45) is 0. The lowest BCUT2D eigenvalue weighted by Gasteiger charge is -2.11. The van der Waals surface area contributed by atoms with Crippen molar-refractivity contribution in [3.05, 3.63) is 51.0 Å². The van der Waals surface area contributed by atoms with Crippen LogP contribution in [0.1, 0.15) is 10.4 Å². The normalized spacial score (nSPS) is 10.3. The van der Waals surface area contributed by atoms with Crippen molar-refractivity contribution >= 4 is 52.1 Å². The second-order valence-electron chi connectivity index (χ2n) is 4.15. The van der Waals surface area contributed by atoms with E-state index in [1.54, 1.807) is 18.2 Å². The number of methoxy groups -OCH3 is 1. The van der Waals surface area contributed by atoms with Crippen LogP contribution in [0.15, 0.2) is 30.3 Å². The van der Waals surface area contributed by atoms with Gasteiger partial charge in [0, 0.05) is 5.02 Å². The summed E-state index contributed by atoms with van der Waals surface area (Å²) in [7, 11) is 1.45. The van der Waals surface area contributed by atoms with Crippen LogP contribution in [0, 0.1) is 0 Å². The van der Waals surface area contributed by atoms with E-state index in [9.17, 15) is 4.79 Å². The molecule has 110 valence electrons. The third kappa shape index (κ3) is 3.53. The van der Waals surface area contributed by atoms with E-state index in [4.69, 9.17) is 45.3 Å². The number of nitrogens with one attached hydrogen (secondary N) is 1. The van der Waals surface area contributed by atoms with Crippen LogP contribution >= 0.6 is 34.8 Å². The van der Waals surface area contributed by atoms with Crippen molar-refractivity contribution in [3.8, 4) is 5.75 Å². The lowest BCUT2D eigenvalue weighted by molar-refractivity contribution is 0.102. The summed E-state index contributed by atoms with van der Waals surface area (Å²) in [6, 6.07) is 7.66. The average molecular weight is 346 g/mol. The predicted molar refractivity (Wildman–Crippen MR) is 86.8 cm³/mol. The molecule has 0 saturated heterocycles. The Morgan fingerprint density at radius 1 is 1.14 bits per heavy atom. The Kier molecular flexibility index (Phi) is 4.83. The molecule has 7 heteroatoms. The number of rotatable bonds is 3. The van der Waals surface area contributed by atoms with E-state index >= 15 is 0 Å².